The molecule has 124 valence electrons. The molecule has 24 heavy (non-hydrogen) atoms. The summed E-state index contributed by atoms with van der Waals surface area (Å²) >= 11 is 1.45. The Balaban J connectivity index is 1.68. The number of hydrazone groups is 1. The molecule has 0 fully saturated rings. The predicted molar refractivity (Wildman–Crippen MR) is 86.6 cm³/mol. The van der Waals surface area contributed by atoms with Crippen molar-refractivity contribution in [3.05, 3.63) is 58.9 Å². The lowest BCUT2D eigenvalue weighted by molar-refractivity contribution is -0.137. The van der Waals surface area contributed by atoms with E-state index in [4.69, 9.17) is 0 Å². The highest BCUT2D eigenvalue weighted by molar-refractivity contribution is 7.13. The fraction of sp³-hybridized carbons (Fsp3) is 0.133. The Labute approximate surface area is 139 Å². The fourth-order valence-electron chi connectivity index (χ4n) is 1.89. The van der Waals surface area contributed by atoms with Crippen LogP contribution in [-0.2, 0) is 6.18 Å². The highest BCUT2D eigenvalue weighted by Gasteiger charge is 2.32. The van der Waals surface area contributed by atoms with Gasteiger partial charge in [0.15, 0.2) is 0 Å². The van der Waals surface area contributed by atoms with Gasteiger partial charge in [0.25, 0.3) is 0 Å². The minimum Gasteiger partial charge on any atom is -0.253 e. The third-order valence-electron chi connectivity index (χ3n) is 3.06. The average molecular weight is 351 g/mol. The monoisotopic (exact) mass is 351 g/mol. The fourth-order valence-corrected chi connectivity index (χ4v) is 2.53. The van der Waals surface area contributed by atoms with Crippen molar-refractivity contribution in [3.63, 3.8) is 0 Å². The maximum absolute atomic E-state index is 12.6. The van der Waals surface area contributed by atoms with E-state index in [1.54, 1.807) is 30.5 Å². The lowest BCUT2D eigenvalue weighted by Gasteiger charge is -2.03. The van der Waals surface area contributed by atoms with Crippen LogP contribution in [0.4, 0.5) is 18.3 Å². The van der Waals surface area contributed by atoms with Gasteiger partial charge in [-0.15, -0.1) is 11.3 Å². The van der Waals surface area contributed by atoms with Gasteiger partial charge in [0.2, 0.25) is 5.13 Å². The highest BCUT2D eigenvalue weighted by Crippen LogP contribution is 2.29. The molecule has 2 aromatic heterocycles. The molecule has 0 aliphatic heterocycles. The zero-order valence-electron chi connectivity index (χ0n) is 12.4. The lowest BCUT2D eigenvalue weighted by Crippen LogP contribution is -2.03. The smallest absolute Gasteiger partial charge is 0.253 e. The first-order chi connectivity index (χ1) is 11.4. The van der Waals surface area contributed by atoms with Crippen molar-refractivity contribution >= 4 is 22.7 Å². The van der Waals surface area contributed by atoms with Crippen molar-refractivity contribution in [2.75, 3.05) is 5.43 Å². The minimum atomic E-state index is -4.40. The van der Waals surface area contributed by atoms with E-state index in [1.165, 1.54) is 16.0 Å². The summed E-state index contributed by atoms with van der Waals surface area (Å²) in [4.78, 5) is 4.21. The average Bonchev–Trinajstić information content (AvgIpc) is 3.17. The van der Waals surface area contributed by atoms with Crippen LogP contribution in [0.2, 0.25) is 0 Å². The molecule has 0 spiro atoms. The molecule has 0 bridgehead atoms. The molecule has 0 saturated carbocycles. The Bertz CT molecular complexity index is 849. The number of halogens is 3. The standard InChI is InChI=1S/C15H12F3N5S/c1-10-9-24-14(21-10)22-19-6-11-2-4-13(5-3-11)23-8-12(7-20-23)15(16,17)18/h2-9H,1H3,(H,21,22). The van der Waals surface area contributed by atoms with E-state index in [0.717, 1.165) is 23.7 Å². The van der Waals surface area contributed by atoms with Crippen LogP contribution in [-0.4, -0.2) is 21.0 Å². The van der Waals surface area contributed by atoms with Crippen molar-refractivity contribution in [3.8, 4) is 5.69 Å². The molecule has 0 saturated heterocycles. The summed E-state index contributed by atoms with van der Waals surface area (Å²) in [6.07, 6.45) is -1.04. The summed E-state index contributed by atoms with van der Waals surface area (Å²) in [6, 6.07) is 6.81. The number of aromatic nitrogens is 3. The molecule has 0 aliphatic rings. The summed E-state index contributed by atoms with van der Waals surface area (Å²) < 4.78 is 38.9. The summed E-state index contributed by atoms with van der Waals surface area (Å²) in [6.45, 7) is 1.89. The summed E-state index contributed by atoms with van der Waals surface area (Å²) in [5.41, 5.74) is 4.28. The molecular formula is C15H12F3N5S. The Kier molecular flexibility index (Phi) is 4.34. The number of alkyl halides is 3. The van der Waals surface area contributed by atoms with Gasteiger partial charge < -0.3 is 0 Å². The van der Waals surface area contributed by atoms with Crippen LogP contribution in [0.3, 0.4) is 0 Å². The molecule has 0 atom stereocenters. The maximum atomic E-state index is 12.6. The van der Waals surface area contributed by atoms with E-state index in [-0.39, 0.29) is 0 Å². The second kappa shape index (κ2) is 6.44. The highest BCUT2D eigenvalue weighted by atomic mass is 32.1. The third-order valence-corrected chi connectivity index (χ3v) is 3.93. The zero-order chi connectivity index (χ0) is 17.2. The zero-order valence-corrected chi connectivity index (χ0v) is 13.3. The number of hydrogen-bond donors (Lipinski definition) is 1. The SMILES string of the molecule is Cc1csc(NN=Cc2ccc(-n3cc(C(F)(F)F)cn3)cc2)n1. The Morgan fingerprint density at radius 2 is 2.00 bits per heavy atom. The third kappa shape index (κ3) is 3.80. The largest absolute Gasteiger partial charge is 0.419 e. The van der Waals surface area contributed by atoms with Crippen LogP contribution in [0, 0.1) is 6.92 Å². The molecule has 9 heteroatoms. The first kappa shape index (κ1) is 16.2. The molecule has 0 aliphatic carbocycles. The summed E-state index contributed by atoms with van der Waals surface area (Å²) in [7, 11) is 0. The number of nitrogens with one attached hydrogen (secondary N) is 1. The Morgan fingerprint density at radius 3 is 2.58 bits per heavy atom. The van der Waals surface area contributed by atoms with Gasteiger partial charge in [-0.25, -0.2) is 9.67 Å². The first-order valence-electron chi connectivity index (χ1n) is 6.85. The van der Waals surface area contributed by atoms with E-state index < -0.39 is 11.7 Å². The van der Waals surface area contributed by atoms with Crippen molar-refractivity contribution in [1.82, 2.24) is 14.8 Å². The molecule has 0 amide bonds. The van der Waals surface area contributed by atoms with E-state index in [9.17, 15) is 13.2 Å². The van der Waals surface area contributed by atoms with E-state index >= 15 is 0 Å². The molecule has 0 unspecified atom stereocenters. The van der Waals surface area contributed by atoms with Gasteiger partial charge >= 0.3 is 6.18 Å². The van der Waals surface area contributed by atoms with Crippen LogP contribution in [0.1, 0.15) is 16.8 Å². The van der Waals surface area contributed by atoms with E-state index in [2.05, 4.69) is 20.6 Å². The van der Waals surface area contributed by atoms with Gasteiger partial charge in [-0.1, -0.05) is 12.1 Å². The van der Waals surface area contributed by atoms with Crippen molar-refractivity contribution in [2.45, 2.75) is 13.1 Å². The number of rotatable bonds is 4. The second-order valence-corrected chi connectivity index (χ2v) is 5.79. The van der Waals surface area contributed by atoms with E-state index in [0.29, 0.717) is 10.8 Å². The van der Waals surface area contributed by atoms with Gasteiger partial charge in [0.05, 0.1) is 29.4 Å². The molecular weight excluding hydrogens is 339 g/mol. The lowest BCUT2D eigenvalue weighted by atomic mass is 10.2. The molecule has 2 heterocycles. The Morgan fingerprint density at radius 1 is 1.25 bits per heavy atom. The van der Waals surface area contributed by atoms with Crippen molar-refractivity contribution < 1.29 is 13.2 Å². The molecule has 1 aromatic carbocycles. The second-order valence-electron chi connectivity index (χ2n) is 4.93. The minimum absolute atomic E-state index is 0.533. The van der Waals surface area contributed by atoms with Crippen molar-refractivity contribution in [1.29, 1.82) is 0 Å². The molecule has 0 radical (unpaired) electrons. The Hall–Kier alpha value is -2.68. The van der Waals surface area contributed by atoms with Crippen LogP contribution < -0.4 is 5.43 Å². The number of anilines is 1. The van der Waals surface area contributed by atoms with E-state index in [1.807, 2.05) is 12.3 Å². The van der Waals surface area contributed by atoms with Crippen molar-refractivity contribution in [2.24, 2.45) is 5.10 Å². The van der Waals surface area contributed by atoms with Gasteiger partial charge in [-0.2, -0.15) is 23.4 Å². The topological polar surface area (TPSA) is 55.1 Å². The van der Waals surface area contributed by atoms with Gasteiger partial charge in [0, 0.05) is 11.6 Å². The number of benzene rings is 1. The number of nitrogens with zero attached hydrogens (tertiary/aromatic N) is 4. The van der Waals surface area contributed by atoms with Gasteiger partial charge in [-0.3, -0.25) is 5.43 Å². The van der Waals surface area contributed by atoms with Crippen LogP contribution >= 0.6 is 11.3 Å². The summed E-state index contributed by atoms with van der Waals surface area (Å²) in [5.74, 6) is 0. The normalized spacial score (nSPS) is 12.0. The number of hydrogen-bond acceptors (Lipinski definition) is 5. The quantitative estimate of drug-likeness (QED) is 0.569. The molecule has 3 rings (SSSR count). The van der Waals surface area contributed by atoms with Gasteiger partial charge in [-0.05, 0) is 24.6 Å². The molecule has 1 N–H and O–H groups in total. The van der Waals surface area contributed by atoms with Gasteiger partial charge in [0.1, 0.15) is 0 Å². The predicted octanol–water partition coefficient (Wildman–Crippen LogP) is 4.10. The summed E-state index contributed by atoms with van der Waals surface area (Å²) in [5, 5.41) is 10.4. The maximum Gasteiger partial charge on any atom is 0.419 e. The number of thiazole rings is 1. The first-order valence-corrected chi connectivity index (χ1v) is 7.73. The number of aryl methyl sites for hydroxylation is 1. The van der Waals surface area contributed by atoms with Crippen LogP contribution in [0.15, 0.2) is 47.1 Å². The molecule has 5 nitrogen and oxygen atoms in total. The van der Waals surface area contributed by atoms with Crippen LogP contribution in [0.25, 0.3) is 5.69 Å². The van der Waals surface area contributed by atoms with Crippen LogP contribution in [0.5, 0.6) is 0 Å². The molecule has 3 aromatic rings.